The van der Waals surface area contributed by atoms with Gasteiger partial charge in [0.25, 0.3) is 0 Å². The van der Waals surface area contributed by atoms with Crippen LogP contribution in [0.25, 0.3) is 10.9 Å². The third-order valence-corrected chi connectivity index (χ3v) is 2.74. The van der Waals surface area contributed by atoms with E-state index in [0.717, 1.165) is 10.9 Å². The first-order valence-corrected chi connectivity index (χ1v) is 4.44. The Morgan fingerprint density at radius 2 is 1.83 bits per heavy atom. The molecule has 0 amide bonds. The fourth-order valence-corrected chi connectivity index (χ4v) is 1.90. The van der Waals surface area contributed by atoms with E-state index in [9.17, 15) is 0 Å². The second-order valence-electron chi connectivity index (χ2n) is 2.42. The molecule has 0 saturated carbocycles. The topological polar surface area (TPSA) is 15.8 Å². The molecule has 4 heteroatoms. The van der Waals surface area contributed by atoms with Gasteiger partial charge in [-0.1, -0.05) is 40.9 Å². The number of hydrogen-bond acceptors (Lipinski definition) is 0. The lowest BCUT2D eigenvalue weighted by atomic mass is 10.2. The van der Waals surface area contributed by atoms with Crippen LogP contribution in [0.4, 0.5) is 0 Å². The van der Waals surface area contributed by atoms with Crippen LogP contribution in [0.1, 0.15) is 0 Å². The standard InChI is InChI=1S/C8H4Cl3N/c9-4-2-1-3-5-6(4)7(10)8(11)12-5/h1-3,12H. The van der Waals surface area contributed by atoms with Gasteiger partial charge in [0.05, 0.1) is 10.0 Å². The van der Waals surface area contributed by atoms with Crippen molar-refractivity contribution in [2.75, 3.05) is 0 Å². The van der Waals surface area contributed by atoms with Crippen molar-refractivity contribution < 1.29 is 0 Å². The Kier molecular flexibility index (Phi) is 1.95. The molecule has 1 N–H and O–H groups in total. The van der Waals surface area contributed by atoms with Crippen LogP contribution in [0, 0.1) is 0 Å². The fraction of sp³-hybridized carbons (Fsp3) is 0. The van der Waals surface area contributed by atoms with Gasteiger partial charge in [0, 0.05) is 10.9 Å². The molecular weight excluding hydrogens is 216 g/mol. The molecule has 0 aliphatic heterocycles. The van der Waals surface area contributed by atoms with E-state index in [1.807, 2.05) is 12.1 Å². The van der Waals surface area contributed by atoms with Crippen LogP contribution in [0.2, 0.25) is 15.2 Å². The number of rotatable bonds is 0. The van der Waals surface area contributed by atoms with Crippen LogP contribution in [0.5, 0.6) is 0 Å². The quantitative estimate of drug-likeness (QED) is 0.687. The van der Waals surface area contributed by atoms with Gasteiger partial charge >= 0.3 is 0 Å². The van der Waals surface area contributed by atoms with Crippen molar-refractivity contribution in [3.8, 4) is 0 Å². The van der Waals surface area contributed by atoms with E-state index in [-0.39, 0.29) is 0 Å². The molecule has 1 aromatic carbocycles. The number of hydrogen-bond donors (Lipinski definition) is 1. The molecule has 0 radical (unpaired) electrons. The smallest absolute Gasteiger partial charge is 0.126 e. The summed E-state index contributed by atoms with van der Waals surface area (Å²) < 4.78 is 0. The molecule has 0 bridgehead atoms. The predicted octanol–water partition coefficient (Wildman–Crippen LogP) is 4.13. The van der Waals surface area contributed by atoms with E-state index < -0.39 is 0 Å². The van der Waals surface area contributed by atoms with E-state index in [4.69, 9.17) is 34.8 Å². The number of fused-ring (bicyclic) bond motifs is 1. The van der Waals surface area contributed by atoms with Crippen molar-refractivity contribution >= 4 is 45.7 Å². The van der Waals surface area contributed by atoms with Gasteiger partial charge in [-0.05, 0) is 12.1 Å². The highest BCUT2D eigenvalue weighted by Crippen LogP contribution is 2.35. The maximum atomic E-state index is 5.91. The van der Waals surface area contributed by atoms with Gasteiger partial charge in [0.15, 0.2) is 0 Å². The van der Waals surface area contributed by atoms with Gasteiger partial charge in [-0.25, -0.2) is 0 Å². The van der Waals surface area contributed by atoms with Crippen LogP contribution in [-0.4, -0.2) is 4.98 Å². The second-order valence-corrected chi connectivity index (χ2v) is 3.58. The third-order valence-electron chi connectivity index (χ3n) is 1.67. The number of H-pyrrole nitrogens is 1. The largest absolute Gasteiger partial charge is 0.344 e. The summed E-state index contributed by atoms with van der Waals surface area (Å²) in [6.45, 7) is 0. The molecule has 1 nitrogen and oxygen atoms in total. The van der Waals surface area contributed by atoms with E-state index in [1.165, 1.54) is 0 Å². The molecule has 0 fully saturated rings. The highest BCUT2D eigenvalue weighted by molar-refractivity contribution is 6.48. The highest BCUT2D eigenvalue weighted by Gasteiger charge is 2.09. The first-order chi connectivity index (χ1) is 5.70. The molecule has 1 heterocycles. The van der Waals surface area contributed by atoms with Gasteiger partial charge in [-0.2, -0.15) is 0 Å². The zero-order valence-electron chi connectivity index (χ0n) is 5.87. The Labute approximate surface area is 84.2 Å². The average molecular weight is 220 g/mol. The Morgan fingerprint density at radius 3 is 2.50 bits per heavy atom. The third kappa shape index (κ3) is 1.09. The SMILES string of the molecule is Clc1[nH]c2cccc(Cl)c2c1Cl. The molecule has 0 atom stereocenters. The van der Waals surface area contributed by atoms with E-state index in [0.29, 0.717) is 15.2 Å². The summed E-state index contributed by atoms with van der Waals surface area (Å²) in [6, 6.07) is 5.49. The van der Waals surface area contributed by atoms with Crippen LogP contribution >= 0.6 is 34.8 Å². The van der Waals surface area contributed by atoms with Crippen LogP contribution in [0.3, 0.4) is 0 Å². The second kappa shape index (κ2) is 2.84. The summed E-state index contributed by atoms with van der Waals surface area (Å²) in [5.41, 5.74) is 0.859. The normalized spacial score (nSPS) is 10.9. The Morgan fingerprint density at radius 1 is 1.08 bits per heavy atom. The van der Waals surface area contributed by atoms with Crippen molar-refractivity contribution in [2.24, 2.45) is 0 Å². The predicted molar refractivity (Wildman–Crippen MR) is 53.3 cm³/mol. The molecule has 2 aromatic rings. The molecular formula is C8H4Cl3N. The summed E-state index contributed by atoms with van der Waals surface area (Å²) >= 11 is 17.6. The lowest BCUT2D eigenvalue weighted by Gasteiger charge is -1.91. The number of nitrogens with one attached hydrogen (secondary N) is 1. The average Bonchev–Trinajstić information content (AvgIpc) is 2.29. The van der Waals surface area contributed by atoms with Crippen LogP contribution in [0.15, 0.2) is 18.2 Å². The molecule has 62 valence electrons. The van der Waals surface area contributed by atoms with Crippen molar-refractivity contribution in [1.82, 2.24) is 4.98 Å². The summed E-state index contributed by atoms with van der Waals surface area (Å²) in [5.74, 6) is 0. The van der Waals surface area contributed by atoms with E-state index >= 15 is 0 Å². The molecule has 2 rings (SSSR count). The molecule has 1 aromatic heterocycles. The zero-order valence-corrected chi connectivity index (χ0v) is 8.13. The first kappa shape index (κ1) is 8.24. The number of benzene rings is 1. The minimum Gasteiger partial charge on any atom is -0.344 e. The maximum absolute atomic E-state index is 5.91. The molecule has 0 unspecified atom stereocenters. The van der Waals surface area contributed by atoms with Crippen molar-refractivity contribution in [3.05, 3.63) is 33.4 Å². The molecule has 0 saturated heterocycles. The summed E-state index contributed by atoms with van der Waals surface area (Å²) in [5, 5.41) is 2.31. The van der Waals surface area contributed by atoms with Gasteiger partial charge in [0.2, 0.25) is 0 Å². The number of aromatic amines is 1. The Balaban J connectivity index is 2.97. The monoisotopic (exact) mass is 219 g/mol. The zero-order chi connectivity index (χ0) is 8.72. The van der Waals surface area contributed by atoms with Gasteiger partial charge in [0.1, 0.15) is 5.15 Å². The van der Waals surface area contributed by atoms with E-state index in [2.05, 4.69) is 4.98 Å². The molecule has 0 aliphatic carbocycles. The Bertz CT molecular complexity index is 433. The van der Waals surface area contributed by atoms with Crippen LogP contribution < -0.4 is 0 Å². The summed E-state index contributed by atoms with van der Waals surface area (Å²) in [7, 11) is 0. The first-order valence-electron chi connectivity index (χ1n) is 3.31. The van der Waals surface area contributed by atoms with Crippen molar-refractivity contribution in [2.45, 2.75) is 0 Å². The lowest BCUT2D eigenvalue weighted by molar-refractivity contribution is 1.47. The molecule has 0 spiro atoms. The summed E-state index contributed by atoms with van der Waals surface area (Å²) in [6.07, 6.45) is 0. The minimum absolute atomic E-state index is 0.430. The molecule has 0 aliphatic rings. The lowest BCUT2D eigenvalue weighted by Crippen LogP contribution is -1.67. The summed E-state index contributed by atoms with van der Waals surface area (Å²) in [4.78, 5) is 2.92. The van der Waals surface area contributed by atoms with Crippen molar-refractivity contribution in [1.29, 1.82) is 0 Å². The number of aromatic nitrogens is 1. The van der Waals surface area contributed by atoms with Gasteiger partial charge < -0.3 is 4.98 Å². The Hall–Kier alpha value is -0.370. The van der Waals surface area contributed by atoms with Gasteiger partial charge in [-0.3, -0.25) is 0 Å². The highest BCUT2D eigenvalue weighted by atomic mass is 35.5. The van der Waals surface area contributed by atoms with Crippen molar-refractivity contribution in [3.63, 3.8) is 0 Å². The van der Waals surface area contributed by atoms with E-state index in [1.54, 1.807) is 6.07 Å². The van der Waals surface area contributed by atoms with Gasteiger partial charge in [-0.15, -0.1) is 0 Å². The minimum atomic E-state index is 0.430. The maximum Gasteiger partial charge on any atom is 0.126 e. The van der Waals surface area contributed by atoms with Crippen LogP contribution in [-0.2, 0) is 0 Å². The fourth-order valence-electron chi connectivity index (χ4n) is 1.13. The number of halogens is 3. The molecule has 12 heavy (non-hydrogen) atoms.